The van der Waals surface area contributed by atoms with E-state index in [0.29, 0.717) is 10.6 Å². The number of aliphatic carboxylic acids is 1. The lowest BCUT2D eigenvalue weighted by Gasteiger charge is -2.21. The molecular formula is C12H15FN2O3. The van der Waals surface area contributed by atoms with Crippen LogP contribution in [0.4, 0.5) is 10.1 Å². The SMILES string of the molecule is C[NH+](C)[C@H](CC(=O)Nc1cccc(F)c1)C(=O)[O-]. The fraction of sp³-hybridized carbons (Fsp3) is 0.333. The van der Waals surface area contributed by atoms with E-state index < -0.39 is 23.7 Å². The lowest BCUT2D eigenvalue weighted by atomic mass is 10.2. The topological polar surface area (TPSA) is 73.7 Å². The van der Waals surface area contributed by atoms with Gasteiger partial charge in [-0.1, -0.05) is 6.07 Å². The van der Waals surface area contributed by atoms with Gasteiger partial charge in [0.05, 0.1) is 26.5 Å². The Morgan fingerprint density at radius 3 is 2.61 bits per heavy atom. The number of nitrogens with one attached hydrogen (secondary N) is 2. The summed E-state index contributed by atoms with van der Waals surface area (Å²) in [5.41, 5.74) is 0.297. The van der Waals surface area contributed by atoms with Gasteiger partial charge < -0.3 is 20.1 Å². The van der Waals surface area contributed by atoms with E-state index in [-0.39, 0.29) is 6.42 Å². The molecule has 0 aliphatic carbocycles. The van der Waals surface area contributed by atoms with E-state index in [9.17, 15) is 19.1 Å². The molecule has 6 heteroatoms. The van der Waals surface area contributed by atoms with Crippen molar-refractivity contribution in [1.29, 1.82) is 0 Å². The summed E-state index contributed by atoms with van der Waals surface area (Å²) >= 11 is 0. The molecule has 0 saturated carbocycles. The number of halogens is 1. The van der Waals surface area contributed by atoms with E-state index in [1.807, 2.05) is 0 Å². The zero-order chi connectivity index (χ0) is 13.7. The average molecular weight is 254 g/mol. The Morgan fingerprint density at radius 2 is 2.11 bits per heavy atom. The third kappa shape index (κ3) is 4.14. The van der Waals surface area contributed by atoms with Gasteiger partial charge in [-0.3, -0.25) is 4.79 Å². The molecule has 2 N–H and O–H groups in total. The van der Waals surface area contributed by atoms with Gasteiger partial charge in [0.2, 0.25) is 5.91 Å². The predicted molar refractivity (Wildman–Crippen MR) is 61.3 cm³/mol. The standard InChI is InChI=1S/C12H15FN2O3/c1-15(2)10(12(17)18)7-11(16)14-9-5-3-4-8(13)6-9/h3-6,10H,7H2,1-2H3,(H,14,16)(H,17,18)/t10-/m1/s1. The first-order chi connectivity index (χ1) is 8.40. The van der Waals surface area contributed by atoms with Crippen molar-refractivity contribution < 1.29 is 24.0 Å². The van der Waals surface area contributed by atoms with Crippen molar-refractivity contribution in [3.63, 3.8) is 0 Å². The Kier molecular flexibility index (Phi) is 4.79. The quantitative estimate of drug-likeness (QED) is 0.666. The van der Waals surface area contributed by atoms with Gasteiger partial charge in [-0.05, 0) is 18.2 Å². The van der Waals surface area contributed by atoms with Gasteiger partial charge in [-0.25, -0.2) is 4.39 Å². The highest BCUT2D eigenvalue weighted by atomic mass is 19.1. The van der Waals surface area contributed by atoms with E-state index >= 15 is 0 Å². The fourth-order valence-electron chi connectivity index (χ4n) is 1.49. The molecule has 0 spiro atoms. The van der Waals surface area contributed by atoms with Crippen LogP contribution in [0.5, 0.6) is 0 Å². The third-order valence-corrected chi connectivity index (χ3v) is 2.48. The first-order valence-corrected chi connectivity index (χ1v) is 5.46. The lowest BCUT2D eigenvalue weighted by Crippen LogP contribution is -3.12. The van der Waals surface area contributed by atoms with Crippen molar-refractivity contribution in [2.24, 2.45) is 0 Å². The summed E-state index contributed by atoms with van der Waals surface area (Å²) in [5, 5.41) is 13.3. The van der Waals surface area contributed by atoms with Crippen LogP contribution < -0.4 is 15.3 Å². The fourth-order valence-corrected chi connectivity index (χ4v) is 1.49. The second-order valence-corrected chi connectivity index (χ2v) is 4.21. The first-order valence-electron chi connectivity index (χ1n) is 5.46. The normalized spacial score (nSPS) is 12.2. The average Bonchev–Trinajstić information content (AvgIpc) is 2.25. The van der Waals surface area contributed by atoms with Crippen molar-refractivity contribution in [2.75, 3.05) is 19.4 Å². The minimum absolute atomic E-state index is 0.221. The molecule has 1 aromatic rings. The van der Waals surface area contributed by atoms with E-state index in [0.717, 1.165) is 6.07 Å². The van der Waals surface area contributed by atoms with Crippen LogP contribution in [0.2, 0.25) is 0 Å². The molecule has 0 fully saturated rings. The van der Waals surface area contributed by atoms with Gasteiger partial charge in [0.25, 0.3) is 0 Å². The highest BCUT2D eigenvalue weighted by Crippen LogP contribution is 2.09. The summed E-state index contributed by atoms with van der Waals surface area (Å²) in [5.74, 6) is -2.25. The molecule has 1 amide bonds. The number of hydrogen-bond donors (Lipinski definition) is 2. The minimum Gasteiger partial charge on any atom is -0.544 e. The van der Waals surface area contributed by atoms with Gasteiger partial charge in [0.15, 0.2) is 0 Å². The van der Waals surface area contributed by atoms with Crippen molar-refractivity contribution in [1.82, 2.24) is 0 Å². The predicted octanol–water partition coefficient (Wildman–Crippen LogP) is -1.58. The number of quaternary nitrogens is 1. The van der Waals surface area contributed by atoms with Crippen LogP contribution in [-0.4, -0.2) is 32.0 Å². The molecule has 0 aliphatic heterocycles. The molecule has 0 saturated heterocycles. The maximum absolute atomic E-state index is 12.9. The molecule has 1 rings (SSSR count). The Morgan fingerprint density at radius 1 is 1.44 bits per heavy atom. The first kappa shape index (κ1) is 14.1. The summed E-state index contributed by atoms with van der Waals surface area (Å²) in [6.07, 6.45) is -0.221. The molecule has 18 heavy (non-hydrogen) atoms. The molecule has 1 aromatic carbocycles. The van der Waals surface area contributed by atoms with Gasteiger partial charge in [0, 0.05) is 5.69 Å². The van der Waals surface area contributed by atoms with E-state index in [4.69, 9.17) is 0 Å². The molecule has 98 valence electrons. The highest BCUT2D eigenvalue weighted by Gasteiger charge is 2.20. The van der Waals surface area contributed by atoms with E-state index in [2.05, 4.69) is 5.32 Å². The summed E-state index contributed by atoms with van der Waals surface area (Å²) < 4.78 is 12.9. The molecule has 1 atom stereocenters. The Labute approximate surface area is 104 Å². The molecule has 0 bridgehead atoms. The van der Waals surface area contributed by atoms with Crippen LogP contribution in [0.1, 0.15) is 6.42 Å². The maximum atomic E-state index is 12.9. The number of rotatable bonds is 5. The molecule has 0 heterocycles. The number of anilines is 1. The van der Waals surface area contributed by atoms with E-state index in [1.54, 1.807) is 14.1 Å². The Bertz CT molecular complexity index is 449. The molecular weight excluding hydrogens is 239 g/mol. The monoisotopic (exact) mass is 254 g/mol. The van der Waals surface area contributed by atoms with Crippen LogP contribution in [0, 0.1) is 5.82 Å². The van der Waals surface area contributed by atoms with Crippen LogP contribution >= 0.6 is 0 Å². The Balaban J connectivity index is 2.63. The molecule has 0 aliphatic rings. The zero-order valence-corrected chi connectivity index (χ0v) is 10.2. The molecule has 0 aromatic heterocycles. The number of carboxylic acids is 1. The molecule has 0 unspecified atom stereocenters. The van der Waals surface area contributed by atoms with Crippen LogP contribution in [-0.2, 0) is 9.59 Å². The molecule has 0 radical (unpaired) electrons. The largest absolute Gasteiger partial charge is 0.544 e. The third-order valence-electron chi connectivity index (χ3n) is 2.48. The molecule has 5 nitrogen and oxygen atoms in total. The van der Waals surface area contributed by atoms with Crippen molar-refractivity contribution in [3.8, 4) is 0 Å². The maximum Gasteiger partial charge on any atom is 0.230 e. The number of amides is 1. The van der Waals surface area contributed by atoms with Gasteiger partial charge in [0.1, 0.15) is 11.9 Å². The van der Waals surface area contributed by atoms with Gasteiger partial charge >= 0.3 is 0 Å². The number of carboxylic acid groups (broad SMARTS) is 1. The van der Waals surface area contributed by atoms with Gasteiger partial charge in [-0.15, -0.1) is 0 Å². The van der Waals surface area contributed by atoms with Crippen molar-refractivity contribution in [3.05, 3.63) is 30.1 Å². The highest BCUT2D eigenvalue weighted by molar-refractivity contribution is 5.93. The van der Waals surface area contributed by atoms with E-state index in [1.165, 1.54) is 18.2 Å². The van der Waals surface area contributed by atoms with Crippen molar-refractivity contribution >= 4 is 17.6 Å². The second kappa shape index (κ2) is 6.11. The number of likely N-dealkylation sites (N-methyl/N-ethyl adjacent to an activating group) is 1. The summed E-state index contributed by atoms with van der Waals surface area (Å²) in [6, 6.07) is 4.46. The zero-order valence-electron chi connectivity index (χ0n) is 10.2. The lowest BCUT2D eigenvalue weighted by molar-refractivity contribution is -0.878. The van der Waals surface area contributed by atoms with Crippen LogP contribution in [0.3, 0.4) is 0 Å². The van der Waals surface area contributed by atoms with Crippen LogP contribution in [0.25, 0.3) is 0 Å². The smallest absolute Gasteiger partial charge is 0.230 e. The van der Waals surface area contributed by atoms with Crippen LogP contribution in [0.15, 0.2) is 24.3 Å². The Hall–Kier alpha value is -1.95. The number of carbonyl (C=O) groups excluding carboxylic acids is 2. The van der Waals surface area contributed by atoms with Gasteiger partial charge in [-0.2, -0.15) is 0 Å². The minimum atomic E-state index is -1.29. The summed E-state index contributed by atoms with van der Waals surface area (Å²) in [4.78, 5) is 23.0. The number of benzene rings is 1. The number of hydrogen-bond acceptors (Lipinski definition) is 3. The van der Waals surface area contributed by atoms with Crippen molar-refractivity contribution in [2.45, 2.75) is 12.5 Å². The second-order valence-electron chi connectivity index (χ2n) is 4.21. The number of carbonyl (C=O) groups is 2. The summed E-state index contributed by atoms with van der Waals surface area (Å²) in [6.45, 7) is 0. The summed E-state index contributed by atoms with van der Waals surface area (Å²) in [7, 11) is 3.24.